The maximum absolute atomic E-state index is 11.3. The number of hydrogen-bond acceptors (Lipinski definition) is 3. The molecule has 0 fully saturated rings. The number of carbonyl (C=O) groups excluding carboxylic acids is 1. The summed E-state index contributed by atoms with van der Waals surface area (Å²) in [5.41, 5.74) is -1.46. The number of methoxy groups -OCH3 is 1. The van der Waals surface area contributed by atoms with Gasteiger partial charge in [0.2, 0.25) is 0 Å². The molecule has 0 amide bonds. The van der Waals surface area contributed by atoms with Gasteiger partial charge in [0.1, 0.15) is 0 Å². The van der Waals surface area contributed by atoms with Gasteiger partial charge in [-0.15, -0.1) is 0 Å². The van der Waals surface area contributed by atoms with Crippen LogP contribution in [0.2, 0.25) is 0 Å². The lowest BCUT2D eigenvalue weighted by Crippen LogP contribution is -2.09. The number of ether oxygens (including phenoxy) is 1. The van der Waals surface area contributed by atoms with Crippen molar-refractivity contribution in [2.75, 3.05) is 7.11 Å². The van der Waals surface area contributed by atoms with Crippen molar-refractivity contribution in [2.24, 2.45) is 0 Å². The molecule has 1 aromatic carbocycles. The van der Waals surface area contributed by atoms with Crippen molar-refractivity contribution in [1.29, 1.82) is 0 Å². The van der Waals surface area contributed by atoms with Gasteiger partial charge in [-0.25, -0.2) is 9.59 Å². The molecule has 0 unspecified atom stereocenters. The van der Waals surface area contributed by atoms with Crippen molar-refractivity contribution >= 4 is 11.9 Å². The van der Waals surface area contributed by atoms with Gasteiger partial charge in [0, 0.05) is 0 Å². The average Bonchev–Trinajstić information content (AvgIpc) is 2.29. The smallest absolute Gasteiger partial charge is 0.338 e. The van der Waals surface area contributed by atoms with E-state index in [1.54, 1.807) is 0 Å². The molecule has 0 saturated heterocycles. The largest absolute Gasteiger partial charge is 0.478 e. The number of carboxylic acids is 1. The Morgan fingerprint density at radius 3 is 2.38 bits per heavy atom. The minimum atomic E-state index is -1.61. The van der Waals surface area contributed by atoms with Crippen LogP contribution in [0.1, 0.15) is 26.2 Å². The van der Waals surface area contributed by atoms with E-state index in [1.807, 2.05) is 0 Å². The fraction of sp³-hybridized carbons (Fsp3) is 0.111. The standard InChI is InChI=1S/C9H8O4/c1-13-9(12)7-5-3-2-4-6(7)8(10)11/h2-5H,1H3,(H,10,11)/i2D,3D,4D,5D. The summed E-state index contributed by atoms with van der Waals surface area (Å²) in [6.45, 7) is 0. The minimum Gasteiger partial charge on any atom is -0.478 e. The van der Waals surface area contributed by atoms with E-state index in [0.717, 1.165) is 7.11 Å². The minimum absolute atomic E-state index is 0.675. The van der Waals surface area contributed by atoms with E-state index in [9.17, 15) is 9.59 Å². The first-order valence-corrected chi connectivity index (χ1v) is 3.24. The van der Waals surface area contributed by atoms with Gasteiger partial charge in [-0.05, 0) is 12.1 Å². The van der Waals surface area contributed by atoms with Crippen molar-refractivity contribution in [3.8, 4) is 0 Å². The van der Waals surface area contributed by atoms with E-state index < -0.39 is 47.2 Å². The van der Waals surface area contributed by atoms with Gasteiger partial charge >= 0.3 is 11.9 Å². The molecule has 0 atom stereocenters. The van der Waals surface area contributed by atoms with E-state index in [4.69, 9.17) is 10.6 Å². The highest BCUT2D eigenvalue weighted by Crippen LogP contribution is 2.09. The van der Waals surface area contributed by atoms with Crippen LogP contribution in [0.4, 0.5) is 0 Å². The Kier molecular flexibility index (Phi) is 1.43. The molecule has 4 heteroatoms. The molecule has 0 spiro atoms. The zero-order valence-electron chi connectivity index (χ0n) is 10.7. The van der Waals surface area contributed by atoms with Gasteiger partial charge in [0.05, 0.1) is 23.7 Å². The van der Waals surface area contributed by atoms with Gasteiger partial charge in [0.25, 0.3) is 0 Å². The van der Waals surface area contributed by atoms with E-state index in [-0.39, 0.29) is 0 Å². The number of carboxylic acid groups (broad SMARTS) is 1. The monoisotopic (exact) mass is 184 g/mol. The third kappa shape index (κ3) is 1.84. The number of carbonyl (C=O) groups is 2. The first-order chi connectivity index (χ1) is 7.82. The summed E-state index contributed by atoms with van der Waals surface area (Å²) in [4.78, 5) is 22.3. The Labute approximate surface area is 80.4 Å². The molecule has 0 aromatic heterocycles. The predicted molar refractivity (Wildman–Crippen MR) is 44.7 cm³/mol. The molecule has 0 radical (unpaired) electrons. The molecule has 0 aliphatic carbocycles. The normalized spacial score (nSPS) is 13.6. The third-order valence-electron chi connectivity index (χ3n) is 1.29. The van der Waals surface area contributed by atoms with Crippen LogP contribution < -0.4 is 0 Å². The van der Waals surface area contributed by atoms with Gasteiger partial charge in [0.15, 0.2) is 0 Å². The number of esters is 1. The molecular weight excluding hydrogens is 172 g/mol. The number of aromatic carboxylic acids is 1. The Bertz CT molecular complexity index is 512. The highest BCUT2D eigenvalue weighted by Gasteiger charge is 2.15. The second-order valence-corrected chi connectivity index (χ2v) is 2.05. The molecule has 0 heterocycles. The van der Waals surface area contributed by atoms with Crippen molar-refractivity contribution in [2.45, 2.75) is 0 Å². The Balaban J connectivity index is 3.78. The lowest BCUT2D eigenvalue weighted by atomic mass is 10.1. The van der Waals surface area contributed by atoms with Crippen LogP contribution in [0.3, 0.4) is 0 Å². The topological polar surface area (TPSA) is 63.6 Å². The van der Waals surface area contributed by atoms with Gasteiger partial charge in [-0.1, -0.05) is 12.1 Å². The zero-order chi connectivity index (χ0) is 13.3. The van der Waals surface area contributed by atoms with E-state index in [2.05, 4.69) is 4.74 Å². The predicted octanol–water partition coefficient (Wildman–Crippen LogP) is 1.17. The van der Waals surface area contributed by atoms with Crippen LogP contribution in [0.15, 0.2) is 24.2 Å². The fourth-order valence-electron chi connectivity index (χ4n) is 0.728. The van der Waals surface area contributed by atoms with Crippen LogP contribution in [0.25, 0.3) is 0 Å². The van der Waals surface area contributed by atoms with E-state index >= 15 is 0 Å². The summed E-state index contributed by atoms with van der Waals surface area (Å²) in [6.07, 6.45) is 0. The van der Waals surface area contributed by atoms with Crippen LogP contribution in [0.5, 0.6) is 0 Å². The summed E-state index contributed by atoms with van der Waals surface area (Å²) < 4.78 is 33.8. The highest BCUT2D eigenvalue weighted by atomic mass is 16.5. The number of rotatable bonds is 2. The lowest BCUT2D eigenvalue weighted by Gasteiger charge is -2.02. The number of hydrogen-bond donors (Lipinski definition) is 1. The molecule has 13 heavy (non-hydrogen) atoms. The molecular formula is C9H8O4. The molecule has 0 aliphatic rings. The van der Waals surface area contributed by atoms with Crippen molar-refractivity contribution < 1.29 is 24.9 Å². The third-order valence-corrected chi connectivity index (χ3v) is 1.29. The van der Waals surface area contributed by atoms with Crippen molar-refractivity contribution in [3.05, 3.63) is 35.3 Å². The molecule has 0 saturated carbocycles. The zero-order valence-corrected chi connectivity index (χ0v) is 6.67. The SMILES string of the molecule is [2H]c1c([2H])c([2H])c(C(=O)OC)c(C(=O)O)c1[2H]. The molecule has 0 aliphatic heterocycles. The van der Waals surface area contributed by atoms with Crippen molar-refractivity contribution in [1.82, 2.24) is 0 Å². The van der Waals surface area contributed by atoms with Crippen LogP contribution >= 0.6 is 0 Å². The molecule has 1 N–H and O–H groups in total. The van der Waals surface area contributed by atoms with Gasteiger partial charge in [-0.3, -0.25) is 0 Å². The van der Waals surface area contributed by atoms with E-state index in [0.29, 0.717) is 0 Å². The summed E-state index contributed by atoms with van der Waals surface area (Å²) in [6, 6.07) is -2.89. The van der Waals surface area contributed by atoms with Crippen LogP contribution in [-0.4, -0.2) is 24.2 Å². The molecule has 4 nitrogen and oxygen atoms in total. The van der Waals surface area contributed by atoms with Gasteiger partial charge < -0.3 is 9.84 Å². The first kappa shape index (κ1) is 5.01. The second-order valence-electron chi connectivity index (χ2n) is 2.05. The molecule has 1 rings (SSSR count). The summed E-state index contributed by atoms with van der Waals surface area (Å²) in [5.74, 6) is -2.73. The Morgan fingerprint density at radius 1 is 1.38 bits per heavy atom. The summed E-state index contributed by atoms with van der Waals surface area (Å²) in [7, 11) is 0.995. The fourth-order valence-corrected chi connectivity index (χ4v) is 0.728. The quantitative estimate of drug-likeness (QED) is 0.701. The van der Waals surface area contributed by atoms with Gasteiger partial charge in [-0.2, -0.15) is 0 Å². The molecule has 1 aromatic rings. The van der Waals surface area contributed by atoms with E-state index in [1.165, 1.54) is 0 Å². The second kappa shape index (κ2) is 3.71. The lowest BCUT2D eigenvalue weighted by molar-refractivity contribution is 0.0582. The van der Waals surface area contributed by atoms with Crippen LogP contribution in [0, 0.1) is 0 Å². The maximum Gasteiger partial charge on any atom is 0.338 e. The maximum atomic E-state index is 11.3. The summed E-state index contributed by atoms with van der Waals surface area (Å²) in [5, 5.41) is 8.88. The Morgan fingerprint density at radius 2 is 1.92 bits per heavy atom. The average molecular weight is 184 g/mol. The molecule has 0 bridgehead atoms. The van der Waals surface area contributed by atoms with Crippen LogP contribution in [-0.2, 0) is 4.74 Å². The number of benzene rings is 1. The first-order valence-electron chi connectivity index (χ1n) is 5.24. The van der Waals surface area contributed by atoms with Crippen molar-refractivity contribution in [3.63, 3.8) is 0 Å². The Hall–Kier alpha value is -1.84. The molecule has 68 valence electrons. The summed E-state index contributed by atoms with van der Waals surface area (Å²) >= 11 is 0. The highest BCUT2D eigenvalue weighted by molar-refractivity contribution is 6.02.